The molecule has 0 fully saturated rings. The molecule has 0 spiro atoms. The van der Waals surface area contributed by atoms with Gasteiger partial charge in [-0.3, -0.25) is 9.20 Å². The highest BCUT2D eigenvalue weighted by molar-refractivity contribution is 5.76. The van der Waals surface area contributed by atoms with Gasteiger partial charge < -0.3 is 14.6 Å². The molecule has 3 aromatic heterocycles. The monoisotopic (exact) mass is 392 g/mol. The van der Waals surface area contributed by atoms with E-state index < -0.39 is 0 Å². The molecule has 0 aliphatic heterocycles. The van der Waals surface area contributed by atoms with Crippen molar-refractivity contribution < 1.29 is 14.1 Å². The van der Waals surface area contributed by atoms with Crippen LogP contribution in [-0.2, 0) is 17.8 Å². The summed E-state index contributed by atoms with van der Waals surface area (Å²) in [7, 11) is 1.62. The minimum Gasteiger partial charge on any atom is -0.497 e. The third-order valence-corrected chi connectivity index (χ3v) is 4.48. The van der Waals surface area contributed by atoms with Gasteiger partial charge in [0.25, 0.3) is 5.89 Å². The predicted molar refractivity (Wildman–Crippen MR) is 104 cm³/mol. The molecule has 9 nitrogen and oxygen atoms in total. The minimum absolute atomic E-state index is 0.0618. The fraction of sp³-hybridized carbons (Fsp3) is 0.250. The van der Waals surface area contributed by atoms with E-state index in [-0.39, 0.29) is 12.5 Å². The number of benzene rings is 1. The molecule has 0 saturated heterocycles. The molecule has 0 atom stereocenters. The Morgan fingerprint density at radius 2 is 2.14 bits per heavy atom. The number of carbonyl (C=O) groups excluding carboxylic acids is 1. The Bertz CT molecular complexity index is 1150. The summed E-state index contributed by atoms with van der Waals surface area (Å²) in [5.74, 6) is 2.27. The lowest BCUT2D eigenvalue weighted by molar-refractivity contribution is -0.121. The SMILES string of the molecule is COc1cccc(CCC(=O)NCc2nnc3c(-c4nc(C)no4)cccn23)c1. The maximum atomic E-state index is 12.3. The summed E-state index contributed by atoms with van der Waals surface area (Å²) in [5, 5.41) is 15.1. The molecule has 1 N–H and O–H groups in total. The summed E-state index contributed by atoms with van der Waals surface area (Å²) < 4.78 is 12.2. The van der Waals surface area contributed by atoms with E-state index in [2.05, 4.69) is 25.7 Å². The standard InChI is InChI=1S/C20H20N6O3/c1-13-22-20(29-25-13)16-7-4-10-26-17(23-24-19(16)26)12-21-18(27)9-8-14-5-3-6-15(11-14)28-2/h3-7,10-11H,8-9,12H2,1-2H3,(H,21,27). The van der Waals surface area contributed by atoms with E-state index in [1.807, 2.05) is 42.6 Å². The van der Waals surface area contributed by atoms with E-state index in [4.69, 9.17) is 9.26 Å². The van der Waals surface area contributed by atoms with Crippen molar-refractivity contribution in [1.29, 1.82) is 0 Å². The molecule has 4 rings (SSSR count). The molecule has 0 bridgehead atoms. The van der Waals surface area contributed by atoms with E-state index in [1.165, 1.54) is 0 Å². The molecule has 0 saturated carbocycles. The maximum Gasteiger partial charge on any atom is 0.261 e. The lowest BCUT2D eigenvalue weighted by Gasteiger charge is -2.06. The highest BCUT2D eigenvalue weighted by Crippen LogP contribution is 2.22. The Hall–Kier alpha value is -3.75. The highest BCUT2D eigenvalue weighted by Gasteiger charge is 2.15. The molecule has 4 aromatic rings. The quantitative estimate of drug-likeness (QED) is 0.514. The van der Waals surface area contributed by atoms with E-state index >= 15 is 0 Å². The van der Waals surface area contributed by atoms with Gasteiger partial charge in [-0.1, -0.05) is 17.3 Å². The van der Waals surface area contributed by atoms with Crippen LogP contribution in [0.2, 0.25) is 0 Å². The third-order valence-electron chi connectivity index (χ3n) is 4.48. The number of hydrogen-bond donors (Lipinski definition) is 1. The van der Waals surface area contributed by atoms with Crippen LogP contribution in [0.25, 0.3) is 17.1 Å². The van der Waals surface area contributed by atoms with Gasteiger partial charge >= 0.3 is 0 Å². The van der Waals surface area contributed by atoms with E-state index in [1.54, 1.807) is 18.4 Å². The topological polar surface area (TPSA) is 107 Å². The summed E-state index contributed by atoms with van der Waals surface area (Å²) in [6.07, 6.45) is 2.83. The first-order valence-corrected chi connectivity index (χ1v) is 9.17. The molecule has 0 aliphatic rings. The number of aryl methyl sites for hydroxylation is 2. The van der Waals surface area contributed by atoms with Gasteiger partial charge in [0.15, 0.2) is 17.3 Å². The van der Waals surface area contributed by atoms with Gasteiger partial charge in [0, 0.05) is 12.6 Å². The number of methoxy groups -OCH3 is 1. The molecule has 3 heterocycles. The number of aromatic nitrogens is 5. The molecular formula is C20H20N6O3. The second-order valence-electron chi connectivity index (χ2n) is 6.51. The van der Waals surface area contributed by atoms with Crippen molar-refractivity contribution in [2.45, 2.75) is 26.3 Å². The van der Waals surface area contributed by atoms with Gasteiger partial charge in [0.2, 0.25) is 5.91 Å². The van der Waals surface area contributed by atoms with Gasteiger partial charge in [0.05, 0.1) is 19.2 Å². The van der Waals surface area contributed by atoms with Gasteiger partial charge in [-0.25, -0.2) is 0 Å². The van der Waals surface area contributed by atoms with Gasteiger partial charge in [-0.15, -0.1) is 10.2 Å². The molecule has 9 heteroatoms. The van der Waals surface area contributed by atoms with Crippen LogP contribution in [0.5, 0.6) is 5.75 Å². The largest absolute Gasteiger partial charge is 0.497 e. The van der Waals surface area contributed by atoms with Crippen molar-refractivity contribution in [2.75, 3.05) is 7.11 Å². The van der Waals surface area contributed by atoms with Crippen LogP contribution in [0.15, 0.2) is 47.1 Å². The molecule has 29 heavy (non-hydrogen) atoms. The molecule has 0 aliphatic carbocycles. The first-order chi connectivity index (χ1) is 14.1. The Morgan fingerprint density at radius 1 is 1.24 bits per heavy atom. The number of amides is 1. The van der Waals surface area contributed by atoms with E-state index in [0.29, 0.717) is 41.6 Å². The van der Waals surface area contributed by atoms with Crippen LogP contribution < -0.4 is 10.1 Å². The van der Waals surface area contributed by atoms with Gasteiger partial charge in [-0.2, -0.15) is 4.98 Å². The molecule has 0 radical (unpaired) electrons. The molecule has 1 aromatic carbocycles. The predicted octanol–water partition coefficient (Wildman–Crippen LogP) is 2.35. The minimum atomic E-state index is -0.0618. The first-order valence-electron chi connectivity index (χ1n) is 9.17. The van der Waals surface area contributed by atoms with Crippen molar-refractivity contribution in [3.63, 3.8) is 0 Å². The summed E-state index contributed by atoms with van der Waals surface area (Å²) in [6.45, 7) is 2.02. The third kappa shape index (κ3) is 4.08. The Labute approximate surface area is 166 Å². The van der Waals surface area contributed by atoms with E-state index in [0.717, 1.165) is 11.3 Å². The van der Waals surface area contributed by atoms with Crippen molar-refractivity contribution in [3.8, 4) is 17.2 Å². The number of ether oxygens (including phenoxy) is 1. The average molecular weight is 392 g/mol. The van der Waals surface area contributed by atoms with Gasteiger partial charge in [-0.05, 0) is 43.2 Å². The van der Waals surface area contributed by atoms with Crippen molar-refractivity contribution >= 4 is 11.6 Å². The second kappa shape index (κ2) is 8.09. The van der Waals surface area contributed by atoms with Crippen molar-refractivity contribution in [3.05, 3.63) is 59.8 Å². The smallest absolute Gasteiger partial charge is 0.261 e. The van der Waals surface area contributed by atoms with Crippen LogP contribution in [0.3, 0.4) is 0 Å². The van der Waals surface area contributed by atoms with Crippen molar-refractivity contribution in [1.82, 2.24) is 30.1 Å². The van der Waals surface area contributed by atoms with Crippen LogP contribution in [0, 0.1) is 6.92 Å². The number of nitrogens with zero attached hydrogens (tertiary/aromatic N) is 5. The van der Waals surface area contributed by atoms with Crippen LogP contribution in [0.4, 0.5) is 0 Å². The summed E-state index contributed by atoms with van der Waals surface area (Å²) in [6, 6.07) is 11.4. The zero-order chi connectivity index (χ0) is 20.2. The van der Waals surface area contributed by atoms with Gasteiger partial charge in [0.1, 0.15) is 5.75 Å². The Kier molecular flexibility index (Phi) is 5.19. The van der Waals surface area contributed by atoms with Crippen molar-refractivity contribution in [2.24, 2.45) is 0 Å². The number of carbonyl (C=O) groups is 1. The van der Waals surface area contributed by atoms with Crippen LogP contribution in [0.1, 0.15) is 23.6 Å². The zero-order valence-electron chi connectivity index (χ0n) is 16.1. The summed E-state index contributed by atoms with van der Waals surface area (Å²) in [5.41, 5.74) is 2.33. The zero-order valence-corrected chi connectivity index (χ0v) is 16.1. The lowest BCUT2D eigenvalue weighted by atomic mass is 10.1. The first kappa shape index (κ1) is 18.6. The number of hydrogen-bond acceptors (Lipinski definition) is 7. The second-order valence-corrected chi connectivity index (χ2v) is 6.51. The number of pyridine rings is 1. The summed E-state index contributed by atoms with van der Waals surface area (Å²) >= 11 is 0. The number of nitrogens with one attached hydrogen (secondary N) is 1. The number of fused-ring (bicyclic) bond motifs is 1. The molecule has 0 unspecified atom stereocenters. The molecular weight excluding hydrogens is 372 g/mol. The normalized spacial score (nSPS) is 11.0. The number of rotatable bonds is 7. The molecule has 148 valence electrons. The molecule has 1 amide bonds. The fourth-order valence-electron chi connectivity index (χ4n) is 3.01. The fourth-order valence-corrected chi connectivity index (χ4v) is 3.01. The Morgan fingerprint density at radius 3 is 2.93 bits per heavy atom. The summed E-state index contributed by atoms with van der Waals surface area (Å²) in [4.78, 5) is 16.5. The average Bonchev–Trinajstić information content (AvgIpc) is 3.37. The van der Waals surface area contributed by atoms with E-state index in [9.17, 15) is 4.79 Å². The lowest BCUT2D eigenvalue weighted by Crippen LogP contribution is -2.24. The van der Waals surface area contributed by atoms with Crippen LogP contribution >= 0.6 is 0 Å². The van der Waals surface area contributed by atoms with Crippen LogP contribution in [-0.4, -0.2) is 37.8 Å². The highest BCUT2D eigenvalue weighted by atomic mass is 16.5. The Balaban J connectivity index is 1.41. The maximum absolute atomic E-state index is 12.3.